The molecule has 0 amide bonds. The number of aliphatic hydroxyl groups is 1. The summed E-state index contributed by atoms with van der Waals surface area (Å²) in [5, 5.41) is 13.2. The number of furan rings is 1. The molecule has 0 bridgehead atoms. The van der Waals surface area contributed by atoms with Gasteiger partial charge < -0.3 is 14.8 Å². The number of rotatable bonds is 4. The lowest BCUT2D eigenvalue weighted by molar-refractivity contribution is 0.162. The average Bonchev–Trinajstić information content (AvgIpc) is 2.80. The minimum atomic E-state index is -0.637. The molecule has 1 atom stereocenters. The topological polar surface area (TPSA) is 45.4 Å². The number of aliphatic hydroxyl groups excluding tert-OH is 1. The van der Waals surface area contributed by atoms with Crippen LogP contribution in [-0.4, -0.2) is 11.7 Å². The van der Waals surface area contributed by atoms with Crippen molar-refractivity contribution in [2.24, 2.45) is 0 Å². The molecular formula is C14H16BrNO2. The number of halogens is 1. The minimum Gasteiger partial charge on any atom is -0.467 e. The Balaban J connectivity index is 2.07. The van der Waals surface area contributed by atoms with Gasteiger partial charge in [-0.1, -0.05) is 15.9 Å². The van der Waals surface area contributed by atoms with Gasteiger partial charge in [0.15, 0.2) is 0 Å². The van der Waals surface area contributed by atoms with E-state index in [0.29, 0.717) is 12.3 Å². The molecule has 1 aromatic heterocycles. The van der Waals surface area contributed by atoms with Crippen LogP contribution >= 0.6 is 15.9 Å². The quantitative estimate of drug-likeness (QED) is 0.903. The summed E-state index contributed by atoms with van der Waals surface area (Å²) in [5.41, 5.74) is 3.35. The Morgan fingerprint density at radius 2 is 2.00 bits per heavy atom. The van der Waals surface area contributed by atoms with Gasteiger partial charge in [0.2, 0.25) is 0 Å². The summed E-state index contributed by atoms with van der Waals surface area (Å²) in [5.74, 6) is 0.579. The van der Waals surface area contributed by atoms with Crippen LogP contribution in [0.2, 0.25) is 0 Å². The predicted molar refractivity (Wildman–Crippen MR) is 75.8 cm³/mol. The molecule has 0 aliphatic heterocycles. The van der Waals surface area contributed by atoms with Crippen molar-refractivity contribution in [3.8, 4) is 0 Å². The maximum absolute atomic E-state index is 9.94. The van der Waals surface area contributed by atoms with Crippen LogP contribution in [0.15, 0.2) is 39.4 Å². The Bertz CT molecular complexity index is 500. The molecule has 0 fully saturated rings. The van der Waals surface area contributed by atoms with E-state index in [1.807, 2.05) is 13.8 Å². The fourth-order valence-corrected chi connectivity index (χ4v) is 2.66. The van der Waals surface area contributed by atoms with Crippen LogP contribution in [0.5, 0.6) is 0 Å². The maximum atomic E-state index is 9.94. The normalized spacial score (nSPS) is 12.4. The molecule has 4 heteroatoms. The van der Waals surface area contributed by atoms with Gasteiger partial charge in [-0.3, -0.25) is 0 Å². The number of hydrogen-bond acceptors (Lipinski definition) is 3. The largest absolute Gasteiger partial charge is 0.467 e. The molecule has 0 spiro atoms. The first-order chi connectivity index (χ1) is 8.58. The molecule has 18 heavy (non-hydrogen) atoms. The van der Waals surface area contributed by atoms with E-state index in [1.165, 1.54) is 0 Å². The fourth-order valence-electron chi connectivity index (χ4n) is 1.97. The molecule has 0 saturated carbocycles. The van der Waals surface area contributed by atoms with Crippen LogP contribution < -0.4 is 5.32 Å². The molecule has 2 aromatic rings. The Morgan fingerprint density at radius 1 is 1.33 bits per heavy atom. The highest BCUT2D eigenvalue weighted by Gasteiger charge is 2.11. The van der Waals surface area contributed by atoms with Gasteiger partial charge in [0, 0.05) is 16.7 Å². The third kappa shape index (κ3) is 2.94. The van der Waals surface area contributed by atoms with Gasteiger partial charge in [-0.25, -0.2) is 0 Å². The van der Waals surface area contributed by atoms with Crippen LogP contribution in [0, 0.1) is 13.8 Å². The van der Waals surface area contributed by atoms with E-state index in [1.54, 1.807) is 18.4 Å². The van der Waals surface area contributed by atoms with Crippen molar-refractivity contribution in [2.45, 2.75) is 20.0 Å². The monoisotopic (exact) mass is 309 g/mol. The van der Waals surface area contributed by atoms with E-state index in [-0.39, 0.29) is 0 Å². The van der Waals surface area contributed by atoms with Crippen molar-refractivity contribution < 1.29 is 9.52 Å². The van der Waals surface area contributed by atoms with Crippen molar-refractivity contribution >= 4 is 21.6 Å². The van der Waals surface area contributed by atoms with Gasteiger partial charge in [0.05, 0.1) is 6.26 Å². The molecule has 2 N–H and O–H groups in total. The standard InChI is InChI=1S/C14H16BrNO2/c1-9-6-11(15)7-10(2)14(9)16-8-12(17)13-4-3-5-18-13/h3-7,12,16-17H,8H2,1-2H3. The minimum absolute atomic E-state index is 0.427. The first kappa shape index (κ1) is 13.2. The molecule has 1 aromatic carbocycles. The Kier molecular flexibility index (Phi) is 4.09. The molecule has 0 aliphatic rings. The van der Waals surface area contributed by atoms with Gasteiger partial charge in [-0.2, -0.15) is 0 Å². The highest BCUT2D eigenvalue weighted by Crippen LogP contribution is 2.26. The Morgan fingerprint density at radius 3 is 2.56 bits per heavy atom. The molecular weight excluding hydrogens is 294 g/mol. The highest BCUT2D eigenvalue weighted by atomic mass is 79.9. The number of nitrogens with one attached hydrogen (secondary N) is 1. The van der Waals surface area contributed by atoms with E-state index in [0.717, 1.165) is 21.3 Å². The number of anilines is 1. The number of benzene rings is 1. The van der Waals surface area contributed by atoms with Crippen LogP contribution in [0.3, 0.4) is 0 Å². The number of hydrogen-bond donors (Lipinski definition) is 2. The van der Waals surface area contributed by atoms with E-state index in [9.17, 15) is 5.11 Å². The van der Waals surface area contributed by atoms with E-state index in [2.05, 4.69) is 33.4 Å². The lowest BCUT2D eigenvalue weighted by Gasteiger charge is -2.15. The average molecular weight is 310 g/mol. The second-order valence-corrected chi connectivity index (χ2v) is 5.24. The Hall–Kier alpha value is -1.26. The fraction of sp³-hybridized carbons (Fsp3) is 0.286. The van der Waals surface area contributed by atoms with Gasteiger partial charge in [-0.05, 0) is 49.2 Å². The van der Waals surface area contributed by atoms with E-state index < -0.39 is 6.10 Å². The van der Waals surface area contributed by atoms with Crippen molar-refractivity contribution in [1.29, 1.82) is 0 Å². The Labute approximate surface area is 115 Å². The summed E-state index contributed by atoms with van der Waals surface area (Å²) in [4.78, 5) is 0. The lowest BCUT2D eigenvalue weighted by atomic mass is 10.1. The van der Waals surface area contributed by atoms with Crippen molar-refractivity contribution in [2.75, 3.05) is 11.9 Å². The number of aryl methyl sites for hydroxylation is 2. The molecule has 0 saturated heterocycles. The smallest absolute Gasteiger partial charge is 0.134 e. The third-order valence-corrected chi connectivity index (χ3v) is 3.30. The summed E-state index contributed by atoms with van der Waals surface area (Å²) < 4.78 is 6.23. The van der Waals surface area contributed by atoms with Crippen molar-refractivity contribution in [1.82, 2.24) is 0 Å². The zero-order chi connectivity index (χ0) is 13.1. The van der Waals surface area contributed by atoms with Crippen LogP contribution in [0.25, 0.3) is 0 Å². The molecule has 2 rings (SSSR count). The van der Waals surface area contributed by atoms with Crippen LogP contribution in [-0.2, 0) is 0 Å². The summed E-state index contributed by atoms with van der Waals surface area (Å²) >= 11 is 3.47. The van der Waals surface area contributed by atoms with Crippen molar-refractivity contribution in [3.63, 3.8) is 0 Å². The highest BCUT2D eigenvalue weighted by molar-refractivity contribution is 9.10. The molecule has 3 nitrogen and oxygen atoms in total. The molecule has 1 heterocycles. The van der Waals surface area contributed by atoms with E-state index >= 15 is 0 Å². The predicted octanol–water partition coefficient (Wildman–Crippen LogP) is 3.80. The molecule has 1 unspecified atom stereocenters. The van der Waals surface area contributed by atoms with Gasteiger partial charge in [0.1, 0.15) is 11.9 Å². The van der Waals surface area contributed by atoms with E-state index in [4.69, 9.17) is 4.42 Å². The molecule has 0 radical (unpaired) electrons. The zero-order valence-corrected chi connectivity index (χ0v) is 12.0. The molecule has 96 valence electrons. The third-order valence-electron chi connectivity index (χ3n) is 2.84. The maximum Gasteiger partial charge on any atom is 0.134 e. The van der Waals surface area contributed by atoms with Crippen molar-refractivity contribution in [3.05, 3.63) is 51.9 Å². The first-order valence-corrected chi connectivity index (χ1v) is 6.59. The van der Waals surface area contributed by atoms with Crippen LogP contribution in [0.4, 0.5) is 5.69 Å². The molecule has 0 aliphatic carbocycles. The second-order valence-electron chi connectivity index (χ2n) is 4.33. The summed E-state index contributed by atoms with van der Waals surface area (Å²) in [7, 11) is 0. The van der Waals surface area contributed by atoms with Gasteiger partial charge >= 0.3 is 0 Å². The lowest BCUT2D eigenvalue weighted by Crippen LogP contribution is -2.13. The summed E-state index contributed by atoms with van der Waals surface area (Å²) in [6.45, 7) is 4.51. The van der Waals surface area contributed by atoms with Gasteiger partial charge in [0.25, 0.3) is 0 Å². The first-order valence-electron chi connectivity index (χ1n) is 5.80. The second kappa shape index (κ2) is 5.59. The SMILES string of the molecule is Cc1cc(Br)cc(C)c1NCC(O)c1ccco1. The summed E-state index contributed by atoms with van der Waals surface area (Å²) in [6.07, 6.45) is 0.928. The zero-order valence-electron chi connectivity index (χ0n) is 10.4. The van der Waals surface area contributed by atoms with Crippen LogP contribution in [0.1, 0.15) is 23.0 Å². The summed E-state index contributed by atoms with van der Waals surface area (Å²) in [6, 6.07) is 7.64. The van der Waals surface area contributed by atoms with Gasteiger partial charge in [-0.15, -0.1) is 0 Å².